The Hall–Kier alpha value is -2.14. The highest BCUT2D eigenvalue weighted by atomic mass is 16.2. The van der Waals surface area contributed by atoms with Crippen molar-refractivity contribution in [2.45, 2.75) is 38.9 Å². The van der Waals surface area contributed by atoms with E-state index in [0.717, 1.165) is 25.5 Å². The fourth-order valence-corrected chi connectivity index (χ4v) is 4.14. The van der Waals surface area contributed by atoms with E-state index in [2.05, 4.69) is 59.4 Å². The number of benzene rings is 1. The van der Waals surface area contributed by atoms with Crippen LogP contribution in [0.1, 0.15) is 31.2 Å². The normalized spacial score (nSPS) is 25.2. The fourth-order valence-electron chi connectivity index (χ4n) is 4.14. The second-order valence-corrected chi connectivity index (χ2v) is 7.67. The molecule has 1 aromatic carbocycles. The molecule has 2 aliphatic rings. The van der Waals surface area contributed by atoms with Gasteiger partial charge in [0.15, 0.2) is 0 Å². The molecule has 5 heteroatoms. The van der Waals surface area contributed by atoms with Gasteiger partial charge in [0.2, 0.25) is 5.91 Å². The summed E-state index contributed by atoms with van der Waals surface area (Å²) in [4.78, 5) is 19.2. The third-order valence-electron chi connectivity index (χ3n) is 5.42. The zero-order valence-corrected chi connectivity index (χ0v) is 14.9. The average Bonchev–Trinajstić information content (AvgIpc) is 2.97. The van der Waals surface area contributed by atoms with Crippen molar-refractivity contribution in [3.63, 3.8) is 0 Å². The second kappa shape index (κ2) is 6.64. The molecule has 1 aliphatic heterocycles. The minimum Gasteiger partial charge on any atom is -0.351 e. The van der Waals surface area contributed by atoms with Gasteiger partial charge in [-0.25, -0.2) is 4.98 Å². The first kappa shape index (κ1) is 16.3. The maximum absolute atomic E-state index is 12.4. The minimum atomic E-state index is 0.105. The van der Waals surface area contributed by atoms with Gasteiger partial charge in [0.05, 0.1) is 0 Å². The van der Waals surface area contributed by atoms with Crippen molar-refractivity contribution < 1.29 is 4.79 Å². The summed E-state index contributed by atoms with van der Waals surface area (Å²) in [6.07, 6.45) is 3.67. The van der Waals surface area contributed by atoms with Crippen molar-refractivity contribution in [2.24, 2.45) is 11.8 Å². The standard InChI is InChI=1S/C20H26N4O/c1-14(2)20-21-8-9-24(20)13-18(25)22-19-16-11-23(12-17(16)19)10-15-6-4-3-5-7-15/h3-9,14,16-17,19H,10-13H2,1-2H3,(H,22,25)/t16-,17+,19?. The predicted molar refractivity (Wildman–Crippen MR) is 96.9 cm³/mol. The number of hydrogen-bond donors (Lipinski definition) is 1. The maximum Gasteiger partial charge on any atom is 0.240 e. The number of carbonyl (C=O) groups excluding carboxylic acids is 1. The molecule has 1 aliphatic carbocycles. The number of aromatic nitrogens is 2. The van der Waals surface area contributed by atoms with Crippen LogP contribution in [-0.4, -0.2) is 39.5 Å². The number of imidazole rings is 1. The highest BCUT2D eigenvalue weighted by Gasteiger charge is 2.56. The molecule has 2 heterocycles. The summed E-state index contributed by atoms with van der Waals surface area (Å²) in [7, 11) is 0. The summed E-state index contributed by atoms with van der Waals surface area (Å²) >= 11 is 0. The minimum absolute atomic E-state index is 0.105. The molecule has 5 nitrogen and oxygen atoms in total. The summed E-state index contributed by atoms with van der Waals surface area (Å²) in [5.41, 5.74) is 1.37. The summed E-state index contributed by atoms with van der Waals surface area (Å²) in [5, 5.41) is 3.23. The van der Waals surface area contributed by atoms with Crippen LogP contribution in [0.25, 0.3) is 0 Å². The molecule has 25 heavy (non-hydrogen) atoms. The average molecular weight is 338 g/mol. The largest absolute Gasteiger partial charge is 0.351 e. The highest BCUT2D eigenvalue weighted by molar-refractivity contribution is 5.76. The monoisotopic (exact) mass is 338 g/mol. The molecule has 1 unspecified atom stereocenters. The molecule has 2 fully saturated rings. The fraction of sp³-hybridized carbons (Fsp3) is 0.500. The van der Waals surface area contributed by atoms with Gasteiger partial charge in [0, 0.05) is 44.0 Å². The number of piperidine rings is 1. The van der Waals surface area contributed by atoms with Crippen molar-refractivity contribution in [3.8, 4) is 0 Å². The molecule has 0 bridgehead atoms. The van der Waals surface area contributed by atoms with E-state index < -0.39 is 0 Å². The van der Waals surface area contributed by atoms with Crippen LogP contribution in [0.3, 0.4) is 0 Å². The number of carbonyl (C=O) groups is 1. The Morgan fingerprint density at radius 3 is 2.64 bits per heavy atom. The predicted octanol–water partition coefficient (Wildman–Crippen LogP) is 2.25. The Bertz CT molecular complexity index is 727. The van der Waals surface area contributed by atoms with Crippen molar-refractivity contribution in [1.82, 2.24) is 19.8 Å². The third-order valence-corrected chi connectivity index (χ3v) is 5.42. The number of nitrogens with zero attached hydrogens (tertiary/aromatic N) is 3. The topological polar surface area (TPSA) is 50.2 Å². The van der Waals surface area contributed by atoms with Gasteiger partial charge < -0.3 is 9.88 Å². The molecular formula is C20H26N4O. The van der Waals surface area contributed by atoms with E-state index in [1.807, 2.05) is 10.8 Å². The summed E-state index contributed by atoms with van der Waals surface area (Å²) < 4.78 is 1.96. The number of amides is 1. The van der Waals surface area contributed by atoms with Crippen LogP contribution in [0.4, 0.5) is 0 Å². The Morgan fingerprint density at radius 1 is 1.24 bits per heavy atom. The number of rotatable bonds is 6. The highest BCUT2D eigenvalue weighted by Crippen LogP contribution is 2.45. The van der Waals surface area contributed by atoms with Crippen LogP contribution in [0, 0.1) is 11.8 Å². The Morgan fingerprint density at radius 2 is 1.96 bits per heavy atom. The molecule has 1 N–H and O–H groups in total. The number of nitrogens with one attached hydrogen (secondary N) is 1. The molecule has 1 amide bonds. The van der Waals surface area contributed by atoms with E-state index in [9.17, 15) is 4.79 Å². The smallest absolute Gasteiger partial charge is 0.240 e. The van der Waals surface area contributed by atoms with Gasteiger partial charge >= 0.3 is 0 Å². The molecule has 4 rings (SSSR count). The second-order valence-electron chi connectivity index (χ2n) is 7.67. The van der Waals surface area contributed by atoms with Crippen LogP contribution < -0.4 is 5.32 Å². The molecular weight excluding hydrogens is 312 g/mol. The number of hydrogen-bond acceptors (Lipinski definition) is 3. The zero-order chi connectivity index (χ0) is 17.4. The molecule has 1 saturated heterocycles. The SMILES string of the molecule is CC(C)c1nccn1CC(=O)NC1[C@H]2CN(Cc3ccccc3)C[C@@H]12. The molecule has 132 valence electrons. The van der Waals surface area contributed by atoms with E-state index in [0.29, 0.717) is 30.3 Å². The Kier molecular flexibility index (Phi) is 4.34. The van der Waals surface area contributed by atoms with Crippen LogP contribution in [0.2, 0.25) is 0 Å². The van der Waals surface area contributed by atoms with Crippen molar-refractivity contribution in [3.05, 3.63) is 54.1 Å². The van der Waals surface area contributed by atoms with Gasteiger partial charge in [-0.2, -0.15) is 0 Å². The van der Waals surface area contributed by atoms with Gasteiger partial charge in [0.1, 0.15) is 12.4 Å². The van der Waals surface area contributed by atoms with E-state index in [1.165, 1.54) is 5.56 Å². The van der Waals surface area contributed by atoms with Gasteiger partial charge in [-0.05, 0) is 17.4 Å². The number of fused-ring (bicyclic) bond motifs is 1. The quantitative estimate of drug-likeness (QED) is 0.879. The van der Waals surface area contributed by atoms with Crippen molar-refractivity contribution in [2.75, 3.05) is 13.1 Å². The lowest BCUT2D eigenvalue weighted by Gasteiger charge is -2.20. The Balaban J connectivity index is 1.25. The molecule has 3 atom stereocenters. The van der Waals surface area contributed by atoms with Crippen molar-refractivity contribution in [1.29, 1.82) is 0 Å². The van der Waals surface area contributed by atoms with E-state index in [1.54, 1.807) is 6.20 Å². The molecule has 0 spiro atoms. The lowest BCUT2D eigenvalue weighted by Crippen LogP contribution is -2.36. The summed E-state index contributed by atoms with van der Waals surface area (Å²) in [6.45, 7) is 7.77. The van der Waals surface area contributed by atoms with E-state index >= 15 is 0 Å². The first-order valence-electron chi connectivity index (χ1n) is 9.18. The maximum atomic E-state index is 12.4. The summed E-state index contributed by atoms with van der Waals surface area (Å²) in [5.74, 6) is 2.66. The van der Waals surface area contributed by atoms with Gasteiger partial charge in [0.25, 0.3) is 0 Å². The third kappa shape index (κ3) is 3.47. The first-order chi connectivity index (χ1) is 12.1. The summed E-state index contributed by atoms with van der Waals surface area (Å²) in [6, 6.07) is 11.0. The molecule has 1 saturated carbocycles. The van der Waals surface area contributed by atoms with Crippen LogP contribution in [0.15, 0.2) is 42.7 Å². The van der Waals surface area contributed by atoms with Gasteiger partial charge in [-0.1, -0.05) is 44.2 Å². The van der Waals surface area contributed by atoms with Crippen LogP contribution >= 0.6 is 0 Å². The van der Waals surface area contributed by atoms with Gasteiger partial charge in [-0.15, -0.1) is 0 Å². The zero-order valence-electron chi connectivity index (χ0n) is 14.9. The molecule has 2 aromatic rings. The lowest BCUT2D eigenvalue weighted by molar-refractivity contribution is -0.122. The van der Waals surface area contributed by atoms with Crippen molar-refractivity contribution >= 4 is 5.91 Å². The van der Waals surface area contributed by atoms with E-state index in [-0.39, 0.29) is 5.91 Å². The lowest BCUT2D eigenvalue weighted by atomic mass is 10.2. The Labute approximate surface area is 149 Å². The van der Waals surface area contributed by atoms with E-state index in [4.69, 9.17) is 0 Å². The number of likely N-dealkylation sites (tertiary alicyclic amines) is 1. The molecule has 0 radical (unpaired) electrons. The van der Waals surface area contributed by atoms with Crippen LogP contribution in [-0.2, 0) is 17.9 Å². The van der Waals surface area contributed by atoms with Crippen LogP contribution in [0.5, 0.6) is 0 Å². The first-order valence-corrected chi connectivity index (χ1v) is 9.18. The van der Waals surface area contributed by atoms with Gasteiger partial charge in [-0.3, -0.25) is 9.69 Å². The molecule has 1 aromatic heterocycles.